The molecule has 1 amide bonds. The van der Waals surface area contributed by atoms with Crippen molar-refractivity contribution in [1.29, 1.82) is 0 Å². The minimum absolute atomic E-state index is 0.0875. The monoisotopic (exact) mass is 409 g/mol. The third-order valence-electron chi connectivity index (χ3n) is 4.14. The molecule has 1 unspecified atom stereocenters. The zero-order chi connectivity index (χ0) is 21.6. The summed E-state index contributed by atoms with van der Waals surface area (Å²) in [6, 6.07) is 11.7. The van der Waals surface area contributed by atoms with E-state index in [4.69, 9.17) is 29.3 Å². The zero-order valence-corrected chi connectivity index (χ0v) is 17.2. The van der Waals surface area contributed by atoms with E-state index in [9.17, 15) is 9.59 Å². The second kappa shape index (κ2) is 9.53. The SMILES string of the molecule is [B]c1ccc(OC(C)(C)C(=O)Nc2ccc(C(C#CC)CC(=O)O)cc2)c(Cl)c1. The number of carboxylic acid groups (broad SMARTS) is 1. The van der Waals surface area contributed by atoms with Gasteiger partial charge in [-0.15, -0.1) is 5.92 Å². The molecule has 2 radical (unpaired) electrons. The van der Waals surface area contributed by atoms with Gasteiger partial charge in [0.05, 0.1) is 17.4 Å². The van der Waals surface area contributed by atoms with Crippen molar-refractivity contribution in [2.24, 2.45) is 0 Å². The van der Waals surface area contributed by atoms with Gasteiger partial charge in [0.2, 0.25) is 0 Å². The van der Waals surface area contributed by atoms with Crippen molar-refractivity contribution in [3.63, 3.8) is 0 Å². The fourth-order valence-corrected chi connectivity index (χ4v) is 2.83. The standard InChI is InChI=1S/C22H21BClNO4/c1-4-5-15(12-20(26)27)14-6-9-17(10-7-14)25-21(28)22(2,3)29-19-11-8-16(23)13-18(19)24/h6-11,13,15H,12H2,1-3H3,(H,25,28)(H,26,27). The van der Waals surface area contributed by atoms with E-state index in [0.717, 1.165) is 5.56 Å². The predicted molar refractivity (Wildman–Crippen MR) is 115 cm³/mol. The summed E-state index contributed by atoms with van der Waals surface area (Å²) in [5.74, 6) is 4.30. The van der Waals surface area contributed by atoms with E-state index in [1.54, 1.807) is 63.2 Å². The van der Waals surface area contributed by atoms with E-state index >= 15 is 0 Å². The Balaban J connectivity index is 2.10. The maximum absolute atomic E-state index is 12.7. The number of nitrogens with one attached hydrogen (secondary N) is 1. The lowest BCUT2D eigenvalue weighted by atomic mass is 9.96. The maximum atomic E-state index is 12.7. The fraction of sp³-hybridized carbons (Fsp3) is 0.273. The molecular formula is C22H21BClNO4. The quantitative estimate of drug-likeness (QED) is 0.542. The van der Waals surface area contributed by atoms with Gasteiger partial charge in [-0.2, -0.15) is 0 Å². The molecule has 29 heavy (non-hydrogen) atoms. The Bertz CT molecular complexity index is 961. The number of aliphatic carboxylic acids is 1. The average Bonchev–Trinajstić information content (AvgIpc) is 2.64. The van der Waals surface area contributed by atoms with Crippen LogP contribution in [0, 0.1) is 11.8 Å². The van der Waals surface area contributed by atoms with Crippen LogP contribution < -0.4 is 15.5 Å². The summed E-state index contributed by atoms with van der Waals surface area (Å²) in [4.78, 5) is 23.7. The number of carbonyl (C=O) groups is 2. The highest BCUT2D eigenvalue weighted by Gasteiger charge is 2.30. The summed E-state index contributed by atoms with van der Waals surface area (Å²) < 4.78 is 5.78. The number of ether oxygens (including phenoxy) is 1. The largest absolute Gasteiger partial charge is 0.481 e. The smallest absolute Gasteiger partial charge is 0.304 e. The highest BCUT2D eigenvalue weighted by Crippen LogP contribution is 2.27. The lowest BCUT2D eigenvalue weighted by molar-refractivity contribution is -0.137. The molecule has 7 heteroatoms. The minimum Gasteiger partial charge on any atom is -0.481 e. The molecule has 5 nitrogen and oxygen atoms in total. The van der Waals surface area contributed by atoms with Crippen LogP contribution in [0.2, 0.25) is 5.02 Å². The van der Waals surface area contributed by atoms with Crippen molar-refractivity contribution in [2.75, 3.05) is 5.32 Å². The van der Waals surface area contributed by atoms with Crippen LogP contribution in [0.1, 0.15) is 38.7 Å². The predicted octanol–water partition coefficient (Wildman–Crippen LogP) is 3.51. The molecule has 0 aromatic heterocycles. The summed E-state index contributed by atoms with van der Waals surface area (Å²) in [6.07, 6.45) is -0.0875. The summed E-state index contributed by atoms with van der Waals surface area (Å²) in [5, 5.41) is 12.1. The number of hydrogen-bond donors (Lipinski definition) is 2. The van der Waals surface area contributed by atoms with Crippen molar-refractivity contribution in [3.8, 4) is 17.6 Å². The van der Waals surface area contributed by atoms with Gasteiger partial charge in [0, 0.05) is 5.69 Å². The van der Waals surface area contributed by atoms with Gasteiger partial charge in [-0.3, -0.25) is 9.59 Å². The van der Waals surface area contributed by atoms with Crippen LogP contribution in [-0.2, 0) is 9.59 Å². The van der Waals surface area contributed by atoms with Crippen molar-refractivity contribution < 1.29 is 19.4 Å². The van der Waals surface area contributed by atoms with Crippen molar-refractivity contribution in [3.05, 3.63) is 53.1 Å². The molecule has 2 N–H and O–H groups in total. The average molecular weight is 410 g/mol. The Morgan fingerprint density at radius 2 is 1.90 bits per heavy atom. The van der Waals surface area contributed by atoms with Gasteiger partial charge < -0.3 is 15.2 Å². The number of amides is 1. The topological polar surface area (TPSA) is 75.6 Å². The Kier molecular flexibility index (Phi) is 7.36. The number of carboxylic acids is 1. The molecule has 2 rings (SSSR count). The van der Waals surface area contributed by atoms with Gasteiger partial charge in [0.25, 0.3) is 5.91 Å². The summed E-state index contributed by atoms with van der Waals surface area (Å²) >= 11 is 6.12. The summed E-state index contributed by atoms with van der Waals surface area (Å²) in [5.41, 5.74) is 0.623. The fourth-order valence-electron chi connectivity index (χ4n) is 2.60. The van der Waals surface area contributed by atoms with Crippen molar-refractivity contribution in [1.82, 2.24) is 0 Å². The van der Waals surface area contributed by atoms with E-state index in [1.165, 1.54) is 0 Å². The highest BCUT2D eigenvalue weighted by molar-refractivity contribution is 6.37. The van der Waals surface area contributed by atoms with E-state index < -0.39 is 17.5 Å². The number of hydrogen-bond acceptors (Lipinski definition) is 3. The molecule has 0 bridgehead atoms. The van der Waals surface area contributed by atoms with Crippen LogP contribution >= 0.6 is 11.6 Å². The Morgan fingerprint density at radius 3 is 2.45 bits per heavy atom. The first kappa shape index (κ1) is 22.4. The summed E-state index contributed by atoms with van der Waals surface area (Å²) in [7, 11) is 5.67. The minimum atomic E-state index is -1.20. The number of anilines is 1. The number of carbonyl (C=O) groups excluding carboxylic acids is 1. The molecule has 0 aliphatic heterocycles. The molecule has 0 spiro atoms. The van der Waals surface area contributed by atoms with Crippen LogP contribution in [0.15, 0.2) is 42.5 Å². The molecule has 0 saturated heterocycles. The van der Waals surface area contributed by atoms with E-state index in [0.29, 0.717) is 21.9 Å². The first-order chi connectivity index (χ1) is 13.6. The van der Waals surface area contributed by atoms with Crippen LogP contribution in [0.3, 0.4) is 0 Å². The normalized spacial score (nSPS) is 11.7. The second-order valence-corrected chi connectivity index (χ2v) is 7.33. The maximum Gasteiger partial charge on any atom is 0.304 e. The van der Waals surface area contributed by atoms with Gasteiger partial charge in [-0.05, 0) is 50.6 Å². The molecule has 2 aromatic rings. The van der Waals surface area contributed by atoms with Crippen molar-refractivity contribution in [2.45, 2.75) is 38.7 Å². The van der Waals surface area contributed by atoms with Gasteiger partial charge >= 0.3 is 5.97 Å². The molecular weight excluding hydrogens is 389 g/mol. The molecule has 148 valence electrons. The van der Waals surface area contributed by atoms with Crippen LogP contribution in [-0.4, -0.2) is 30.4 Å². The van der Waals surface area contributed by atoms with E-state index in [-0.39, 0.29) is 12.3 Å². The van der Waals surface area contributed by atoms with Crippen LogP contribution in [0.5, 0.6) is 5.75 Å². The molecule has 0 saturated carbocycles. The third kappa shape index (κ3) is 6.30. The molecule has 1 atom stereocenters. The van der Waals surface area contributed by atoms with Gasteiger partial charge in [0.1, 0.15) is 13.6 Å². The first-order valence-corrected chi connectivity index (χ1v) is 9.29. The molecule has 2 aromatic carbocycles. The van der Waals surface area contributed by atoms with Crippen molar-refractivity contribution >= 4 is 42.5 Å². The number of rotatable bonds is 7. The first-order valence-electron chi connectivity index (χ1n) is 8.92. The summed E-state index contributed by atoms with van der Waals surface area (Å²) in [6.45, 7) is 4.92. The Labute approximate surface area is 176 Å². The zero-order valence-electron chi connectivity index (χ0n) is 16.5. The van der Waals surface area contributed by atoms with Crippen LogP contribution in [0.4, 0.5) is 5.69 Å². The van der Waals surface area contributed by atoms with E-state index in [1.807, 2.05) is 0 Å². The number of halogens is 1. The van der Waals surface area contributed by atoms with Gasteiger partial charge in [-0.25, -0.2) is 0 Å². The Morgan fingerprint density at radius 1 is 1.24 bits per heavy atom. The lowest BCUT2D eigenvalue weighted by Gasteiger charge is -2.26. The second-order valence-electron chi connectivity index (χ2n) is 6.92. The van der Waals surface area contributed by atoms with Gasteiger partial charge in [0.15, 0.2) is 5.60 Å². The van der Waals surface area contributed by atoms with E-state index in [2.05, 4.69) is 17.2 Å². The van der Waals surface area contributed by atoms with Gasteiger partial charge in [-0.1, -0.05) is 41.2 Å². The van der Waals surface area contributed by atoms with Crippen LogP contribution in [0.25, 0.3) is 0 Å². The lowest BCUT2D eigenvalue weighted by Crippen LogP contribution is -2.42. The Hall–Kier alpha value is -2.91. The molecule has 0 aliphatic carbocycles. The highest BCUT2D eigenvalue weighted by atomic mass is 35.5. The molecule has 0 heterocycles. The number of benzene rings is 2. The third-order valence-corrected chi connectivity index (χ3v) is 4.43. The molecule has 0 aliphatic rings. The molecule has 0 fully saturated rings.